The highest BCUT2D eigenvalue weighted by molar-refractivity contribution is 6.40. The number of hydrogen-bond donors (Lipinski definition) is 2. The molecule has 2 atom stereocenters. The van der Waals surface area contributed by atoms with Crippen molar-refractivity contribution in [2.45, 2.75) is 51.2 Å². The number of rotatable bonds is 8. The first-order valence-electron chi connectivity index (χ1n) is 13.9. The number of aliphatic hydroxyl groups excluding tert-OH is 1. The van der Waals surface area contributed by atoms with Crippen molar-refractivity contribution >= 4 is 52.2 Å². The van der Waals surface area contributed by atoms with Crippen molar-refractivity contribution in [3.05, 3.63) is 69.3 Å². The van der Waals surface area contributed by atoms with E-state index in [0.717, 1.165) is 51.0 Å². The van der Waals surface area contributed by atoms with Crippen molar-refractivity contribution < 1.29 is 19.4 Å². The van der Waals surface area contributed by atoms with Crippen LogP contribution in [0.15, 0.2) is 42.6 Å². The molecule has 11 heteroatoms. The van der Waals surface area contributed by atoms with E-state index in [9.17, 15) is 14.7 Å². The average molecular weight is 597 g/mol. The molecule has 1 saturated carbocycles. The molecule has 3 aromatic rings. The van der Waals surface area contributed by atoms with E-state index in [0.29, 0.717) is 40.3 Å². The van der Waals surface area contributed by atoms with Crippen LogP contribution in [0.4, 0.5) is 17.3 Å². The topological polar surface area (TPSA) is 108 Å². The van der Waals surface area contributed by atoms with Crippen molar-refractivity contribution in [2.75, 3.05) is 30.0 Å². The fourth-order valence-corrected chi connectivity index (χ4v) is 6.47. The maximum absolute atomic E-state index is 13.1. The number of hydrogen-bond acceptors (Lipinski definition) is 8. The Balaban J connectivity index is 1.05. The van der Waals surface area contributed by atoms with Crippen molar-refractivity contribution in [3.63, 3.8) is 0 Å². The van der Waals surface area contributed by atoms with Crippen LogP contribution in [0.1, 0.15) is 53.6 Å². The number of carbonyl (C=O) groups excluding carboxylic acids is 2. The summed E-state index contributed by atoms with van der Waals surface area (Å²) in [6, 6.07) is 11.3. The molecule has 9 nitrogen and oxygen atoms in total. The normalized spacial score (nSPS) is 20.4. The van der Waals surface area contributed by atoms with Gasteiger partial charge in [-0.1, -0.05) is 35.3 Å². The molecule has 214 valence electrons. The van der Waals surface area contributed by atoms with Gasteiger partial charge >= 0.3 is 0 Å². The van der Waals surface area contributed by atoms with Gasteiger partial charge in [0, 0.05) is 37.3 Å². The molecular weight excluding hydrogens is 565 g/mol. The first-order valence-corrected chi connectivity index (χ1v) is 14.7. The Labute approximate surface area is 248 Å². The number of anilines is 3. The Hall–Kier alpha value is -3.24. The van der Waals surface area contributed by atoms with Crippen LogP contribution in [0.5, 0.6) is 5.88 Å². The first kappa shape index (κ1) is 27.9. The zero-order valence-corrected chi connectivity index (χ0v) is 24.0. The van der Waals surface area contributed by atoms with Gasteiger partial charge < -0.3 is 15.2 Å². The number of amides is 1. The molecule has 2 aliphatic heterocycles. The molecular formula is C30H31Cl2N5O4. The minimum Gasteiger partial charge on any atom is -0.455 e. The van der Waals surface area contributed by atoms with Gasteiger partial charge in [0.2, 0.25) is 11.8 Å². The second-order valence-corrected chi connectivity index (χ2v) is 11.7. The molecule has 0 bridgehead atoms. The summed E-state index contributed by atoms with van der Waals surface area (Å²) in [5.74, 6) is 0.538. The Morgan fingerprint density at radius 2 is 1.98 bits per heavy atom. The molecule has 0 radical (unpaired) electrons. The predicted molar refractivity (Wildman–Crippen MR) is 157 cm³/mol. The maximum Gasteiger partial charge on any atom is 0.268 e. The zero-order valence-electron chi connectivity index (χ0n) is 22.5. The van der Waals surface area contributed by atoms with E-state index in [-0.39, 0.29) is 36.1 Å². The van der Waals surface area contributed by atoms with Crippen LogP contribution in [0.2, 0.25) is 10.0 Å². The average Bonchev–Trinajstić information content (AvgIpc) is 3.40. The van der Waals surface area contributed by atoms with Crippen molar-refractivity contribution in [2.24, 2.45) is 5.92 Å². The molecule has 0 spiro atoms. The largest absolute Gasteiger partial charge is 0.455 e. The molecule has 0 saturated heterocycles. The second kappa shape index (κ2) is 11.9. The number of aromatic nitrogens is 2. The number of aliphatic hydroxyl groups is 1. The Morgan fingerprint density at radius 3 is 2.76 bits per heavy atom. The summed E-state index contributed by atoms with van der Waals surface area (Å²) in [5.41, 5.74) is 4.00. The van der Waals surface area contributed by atoms with Gasteiger partial charge in [-0.25, -0.2) is 4.98 Å². The molecule has 2 unspecified atom stereocenters. The van der Waals surface area contributed by atoms with Crippen molar-refractivity contribution in [1.82, 2.24) is 14.9 Å². The van der Waals surface area contributed by atoms with Gasteiger partial charge in [0.15, 0.2) is 6.73 Å². The van der Waals surface area contributed by atoms with E-state index < -0.39 is 0 Å². The van der Waals surface area contributed by atoms with Gasteiger partial charge in [0.05, 0.1) is 21.8 Å². The van der Waals surface area contributed by atoms with E-state index in [1.54, 1.807) is 18.2 Å². The predicted octanol–water partition coefficient (Wildman–Crippen LogP) is 5.39. The second-order valence-electron chi connectivity index (χ2n) is 10.9. The zero-order chi connectivity index (χ0) is 28.5. The molecule has 1 aromatic heterocycles. The van der Waals surface area contributed by atoms with E-state index in [4.69, 9.17) is 27.9 Å². The lowest BCUT2D eigenvalue weighted by Gasteiger charge is -2.29. The number of benzene rings is 2. The summed E-state index contributed by atoms with van der Waals surface area (Å²) in [4.78, 5) is 38.1. The van der Waals surface area contributed by atoms with E-state index in [2.05, 4.69) is 32.3 Å². The van der Waals surface area contributed by atoms with Crippen LogP contribution in [-0.2, 0) is 17.8 Å². The number of halogens is 2. The number of nitrogens with zero attached hydrogens (tertiary/aromatic N) is 4. The quantitative estimate of drug-likeness (QED) is 0.357. The molecule has 41 heavy (non-hydrogen) atoms. The molecule has 3 aliphatic rings. The summed E-state index contributed by atoms with van der Waals surface area (Å²) < 4.78 is 5.79. The number of Topliss-reactive ketones (excluding diaryl/α,β-unsaturated/α-hetero) is 1. The molecule has 1 amide bonds. The molecule has 3 heterocycles. The Bertz CT molecular complexity index is 1460. The lowest BCUT2D eigenvalue weighted by molar-refractivity contribution is -0.123. The molecule has 1 fully saturated rings. The number of ketones is 1. The number of para-hydroxylation sites is 1. The highest BCUT2D eigenvalue weighted by atomic mass is 35.5. The van der Waals surface area contributed by atoms with Crippen LogP contribution < -0.4 is 15.0 Å². The summed E-state index contributed by atoms with van der Waals surface area (Å²) in [5, 5.41) is 13.6. The monoisotopic (exact) mass is 595 g/mol. The van der Waals surface area contributed by atoms with Crippen LogP contribution in [-0.4, -0.2) is 57.6 Å². The summed E-state index contributed by atoms with van der Waals surface area (Å²) in [7, 11) is 0. The van der Waals surface area contributed by atoms with Crippen molar-refractivity contribution in [1.29, 1.82) is 0 Å². The van der Waals surface area contributed by atoms with Crippen LogP contribution in [0.3, 0.4) is 0 Å². The van der Waals surface area contributed by atoms with Crippen molar-refractivity contribution in [3.8, 4) is 5.88 Å². The highest BCUT2D eigenvalue weighted by Crippen LogP contribution is 2.37. The molecule has 2 aromatic carbocycles. The van der Waals surface area contributed by atoms with Gasteiger partial charge in [0.1, 0.15) is 11.3 Å². The van der Waals surface area contributed by atoms with Crippen LogP contribution >= 0.6 is 23.2 Å². The molecule has 2 N–H and O–H groups in total. The van der Waals surface area contributed by atoms with E-state index in [1.165, 1.54) is 22.2 Å². The lowest BCUT2D eigenvalue weighted by Crippen LogP contribution is -2.39. The fraction of sp³-hybridized carbons (Fsp3) is 0.400. The Kier molecular flexibility index (Phi) is 8.12. The lowest BCUT2D eigenvalue weighted by atomic mass is 9.97. The standard InChI is InChI=1S/C30H31Cl2N5O4/c31-24-3-1-4-25(32)27(24)37-17-41-28-23(29(37)40)15-33-30(35-28)34-21-8-6-20-16-36(12-10-18(20)13-21)11-2-5-26(39)19-7-9-22(38)14-19/h1,3-4,6,8,13,15,19,22,38H,2,5,7,9-12,14,16-17H2,(H,33,34,35). The third-order valence-corrected chi connectivity index (χ3v) is 8.69. The summed E-state index contributed by atoms with van der Waals surface area (Å²) >= 11 is 12.6. The third kappa shape index (κ3) is 6.04. The van der Waals surface area contributed by atoms with Gasteiger partial charge in [-0.2, -0.15) is 4.98 Å². The third-order valence-electron chi connectivity index (χ3n) is 8.08. The first-order chi connectivity index (χ1) is 19.9. The summed E-state index contributed by atoms with van der Waals surface area (Å²) in [6.07, 6.45) is 5.70. The Morgan fingerprint density at radius 1 is 1.15 bits per heavy atom. The summed E-state index contributed by atoms with van der Waals surface area (Å²) in [6.45, 7) is 2.61. The maximum atomic E-state index is 13.1. The van der Waals surface area contributed by atoms with Gasteiger partial charge in [-0.05, 0) is 74.0 Å². The number of carbonyl (C=O) groups is 2. The van der Waals surface area contributed by atoms with Gasteiger partial charge in [-0.3, -0.25) is 19.4 Å². The van der Waals surface area contributed by atoms with Crippen LogP contribution in [0, 0.1) is 5.92 Å². The number of ether oxygens (including phenoxy) is 1. The van der Waals surface area contributed by atoms with Gasteiger partial charge in [0.25, 0.3) is 5.91 Å². The minimum atomic E-state index is -0.340. The number of fused-ring (bicyclic) bond motifs is 2. The molecule has 6 rings (SSSR count). The fourth-order valence-electron chi connectivity index (χ4n) is 5.87. The van der Waals surface area contributed by atoms with E-state index in [1.807, 2.05) is 6.07 Å². The van der Waals surface area contributed by atoms with E-state index >= 15 is 0 Å². The molecule has 1 aliphatic carbocycles. The minimum absolute atomic E-state index is 0.0475. The highest BCUT2D eigenvalue weighted by Gasteiger charge is 2.32. The van der Waals surface area contributed by atoms with Gasteiger partial charge in [-0.15, -0.1) is 0 Å². The number of nitrogens with one attached hydrogen (secondary N) is 1. The smallest absolute Gasteiger partial charge is 0.268 e. The van der Waals surface area contributed by atoms with Crippen LogP contribution in [0.25, 0.3) is 0 Å². The SMILES string of the molecule is O=C(CCCN1CCc2cc(Nc3ncc4c(n3)OCN(c3c(Cl)cccc3Cl)C4=O)ccc2C1)C1CCC(O)C1.